The summed E-state index contributed by atoms with van der Waals surface area (Å²) in [6.45, 7) is 8.27. The van der Waals surface area contributed by atoms with Gasteiger partial charge in [-0.05, 0) is 51.9 Å². The summed E-state index contributed by atoms with van der Waals surface area (Å²) in [6.07, 6.45) is 4.06. The number of ether oxygens (including phenoxy) is 1. The number of aryl methyl sites for hydroxylation is 2. The molecule has 1 saturated heterocycles. The molecule has 0 bridgehead atoms. The molecule has 0 N–H and O–H groups in total. The average molecular weight is 234 g/mol. The van der Waals surface area contributed by atoms with Crippen molar-refractivity contribution in [3.8, 4) is 5.75 Å². The largest absolute Gasteiger partial charge is 0.490 e. The van der Waals surface area contributed by atoms with Crippen molar-refractivity contribution in [1.29, 1.82) is 0 Å². The Morgan fingerprint density at radius 2 is 1.94 bits per heavy atom. The molecular weight excluding hydrogens is 212 g/mol. The molecule has 0 unspecified atom stereocenters. The lowest BCUT2D eigenvalue weighted by atomic mass is 10.1. The number of rotatable bonds is 4. The van der Waals surface area contributed by atoms with E-state index in [1.807, 2.05) is 26.0 Å². The molecule has 1 aliphatic rings. The Morgan fingerprint density at radius 1 is 1.18 bits per heavy atom. The molecule has 1 aliphatic heterocycles. The van der Waals surface area contributed by atoms with Gasteiger partial charge in [-0.1, -0.05) is 6.42 Å². The van der Waals surface area contributed by atoms with E-state index in [9.17, 15) is 0 Å². The zero-order valence-corrected chi connectivity index (χ0v) is 10.9. The molecule has 0 radical (unpaired) electrons. The molecule has 1 aromatic rings. The standard InChI is InChI=1S/C14H22N2O/c1-12-6-7-14(13(2)15-12)17-11-10-16-8-4-3-5-9-16/h6-7H,3-5,8-11H2,1-2H3. The maximum absolute atomic E-state index is 5.79. The van der Waals surface area contributed by atoms with Crippen molar-refractivity contribution in [2.75, 3.05) is 26.2 Å². The third kappa shape index (κ3) is 3.70. The van der Waals surface area contributed by atoms with Crippen molar-refractivity contribution in [3.05, 3.63) is 23.5 Å². The Kier molecular flexibility index (Phi) is 4.37. The highest BCUT2D eigenvalue weighted by Gasteiger charge is 2.09. The second-order valence-corrected chi connectivity index (χ2v) is 4.79. The fourth-order valence-corrected chi connectivity index (χ4v) is 2.29. The first kappa shape index (κ1) is 12.4. The highest BCUT2D eigenvalue weighted by Crippen LogP contribution is 2.15. The van der Waals surface area contributed by atoms with E-state index in [0.717, 1.165) is 30.3 Å². The molecule has 0 spiro atoms. The minimum atomic E-state index is 0.769. The molecule has 3 nitrogen and oxygen atoms in total. The number of likely N-dealkylation sites (tertiary alicyclic amines) is 1. The minimum Gasteiger partial charge on any atom is -0.490 e. The molecule has 0 saturated carbocycles. The van der Waals surface area contributed by atoms with Crippen LogP contribution in [0.5, 0.6) is 5.75 Å². The van der Waals surface area contributed by atoms with Gasteiger partial charge in [0.25, 0.3) is 0 Å². The van der Waals surface area contributed by atoms with E-state index < -0.39 is 0 Å². The third-order valence-electron chi connectivity index (χ3n) is 3.29. The van der Waals surface area contributed by atoms with Crippen molar-refractivity contribution in [1.82, 2.24) is 9.88 Å². The van der Waals surface area contributed by atoms with Crippen LogP contribution in [0.3, 0.4) is 0 Å². The fraction of sp³-hybridized carbons (Fsp3) is 0.643. The maximum atomic E-state index is 5.79. The van der Waals surface area contributed by atoms with Gasteiger partial charge >= 0.3 is 0 Å². The van der Waals surface area contributed by atoms with E-state index in [1.165, 1.54) is 32.4 Å². The van der Waals surface area contributed by atoms with Crippen LogP contribution in [0.4, 0.5) is 0 Å². The Bertz CT molecular complexity index is 359. The van der Waals surface area contributed by atoms with E-state index in [4.69, 9.17) is 4.74 Å². The molecule has 2 heterocycles. The third-order valence-corrected chi connectivity index (χ3v) is 3.29. The van der Waals surface area contributed by atoms with Crippen LogP contribution >= 0.6 is 0 Å². The Balaban J connectivity index is 1.77. The molecule has 17 heavy (non-hydrogen) atoms. The highest BCUT2D eigenvalue weighted by atomic mass is 16.5. The Hall–Kier alpha value is -1.09. The van der Waals surface area contributed by atoms with Gasteiger partial charge in [0.1, 0.15) is 12.4 Å². The van der Waals surface area contributed by atoms with Crippen LogP contribution in [-0.2, 0) is 0 Å². The summed E-state index contributed by atoms with van der Waals surface area (Å²) in [4.78, 5) is 6.89. The fourth-order valence-electron chi connectivity index (χ4n) is 2.29. The zero-order valence-electron chi connectivity index (χ0n) is 10.9. The summed E-state index contributed by atoms with van der Waals surface area (Å²) >= 11 is 0. The number of hydrogen-bond acceptors (Lipinski definition) is 3. The molecule has 1 fully saturated rings. The van der Waals surface area contributed by atoms with E-state index in [0.29, 0.717) is 0 Å². The molecule has 1 aromatic heterocycles. The summed E-state index contributed by atoms with van der Waals surface area (Å²) in [5.41, 5.74) is 2.04. The molecular formula is C14H22N2O. The molecule has 0 aliphatic carbocycles. The van der Waals surface area contributed by atoms with Gasteiger partial charge < -0.3 is 4.74 Å². The summed E-state index contributed by atoms with van der Waals surface area (Å²) in [6, 6.07) is 4.02. The van der Waals surface area contributed by atoms with Gasteiger partial charge in [0.05, 0.1) is 5.69 Å². The predicted molar refractivity (Wildman–Crippen MR) is 69.5 cm³/mol. The van der Waals surface area contributed by atoms with Gasteiger partial charge in [-0.25, -0.2) is 0 Å². The van der Waals surface area contributed by atoms with Crippen molar-refractivity contribution in [2.24, 2.45) is 0 Å². The summed E-state index contributed by atoms with van der Waals surface area (Å²) < 4.78 is 5.79. The van der Waals surface area contributed by atoms with E-state index >= 15 is 0 Å². The number of nitrogens with zero attached hydrogens (tertiary/aromatic N) is 2. The van der Waals surface area contributed by atoms with Gasteiger partial charge in [0.15, 0.2) is 0 Å². The Labute approximate surface area is 104 Å². The van der Waals surface area contributed by atoms with E-state index in [2.05, 4.69) is 9.88 Å². The first-order chi connectivity index (χ1) is 8.25. The molecule has 0 aromatic carbocycles. The lowest BCUT2D eigenvalue weighted by Gasteiger charge is -2.26. The summed E-state index contributed by atoms with van der Waals surface area (Å²) in [7, 11) is 0. The number of aromatic nitrogens is 1. The number of pyridine rings is 1. The average Bonchev–Trinajstić information content (AvgIpc) is 2.33. The van der Waals surface area contributed by atoms with Gasteiger partial charge in [-0.15, -0.1) is 0 Å². The van der Waals surface area contributed by atoms with Crippen LogP contribution in [0, 0.1) is 13.8 Å². The van der Waals surface area contributed by atoms with Crippen LogP contribution in [0.1, 0.15) is 30.7 Å². The van der Waals surface area contributed by atoms with Gasteiger partial charge in [-0.2, -0.15) is 0 Å². The van der Waals surface area contributed by atoms with E-state index in [-0.39, 0.29) is 0 Å². The topological polar surface area (TPSA) is 25.4 Å². The number of hydrogen-bond donors (Lipinski definition) is 0. The monoisotopic (exact) mass is 234 g/mol. The van der Waals surface area contributed by atoms with Crippen LogP contribution in [0.25, 0.3) is 0 Å². The second kappa shape index (κ2) is 6.01. The summed E-state index contributed by atoms with van der Waals surface area (Å²) in [5.74, 6) is 0.924. The van der Waals surface area contributed by atoms with Crippen LogP contribution in [-0.4, -0.2) is 36.1 Å². The van der Waals surface area contributed by atoms with Gasteiger partial charge in [0, 0.05) is 12.2 Å². The smallest absolute Gasteiger partial charge is 0.140 e. The second-order valence-electron chi connectivity index (χ2n) is 4.79. The van der Waals surface area contributed by atoms with Crippen molar-refractivity contribution >= 4 is 0 Å². The highest BCUT2D eigenvalue weighted by molar-refractivity contribution is 5.27. The lowest BCUT2D eigenvalue weighted by molar-refractivity contribution is 0.182. The molecule has 0 atom stereocenters. The SMILES string of the molecule is Cc1ccc(OCCN2CCCCC2)c(C)n1. The summed E-state index contributed by atoms with van der Waals surface area (Å²) in [5, 5.41) is 0. The van der Waals surface area contributed by atoms with Crippen LogP contribution in [0.15, 0.2) is 12.1 Å². The maximum Gasteiger partial charge on any atom is 0.140 e. The normalized spacial score (nSPS) is 17.1. The lowest BCUT2D eigenvalue weighted by Crippen LogP contribution is -2.33. The first-order valence-corrected chi connectivity index (χ1v) is 6.55. The molecule has 94 valence electrons. The molecule has 0 amide bonds. The van der Waals surface area contributed by atoms with Crippen molar-refractivity contribution < 1.29 is 4.74 Å². The minimum absolute atomic E-state index is 0.769. The van der Waals surface area contributed by atoms with E-state index in [1.54, 1.807) is 0 Å². The van der Waals surface area contributed by atoms with Crippen LogP contribution < -0.4 is 4.74 Å². The number of piperidine rings is 1. The Morgan fingerprint density at radius 3 is 2.65 bits per heavy atom. The zero-order chi connectivity index (χ0) is 12.1. The predicted octanol–water partition coefficient (Wildman–Crippen LogP) is 2.56. The quantitative estimate of drug-likeness (QED) is 0.800. The molecule has 2 rings (SSSR count). The first-order valence-electron chi connectivity index (χ1n) is 6.55. The van der Waals surface area contributed by atoms with Crippen molar-refractivity contribution in [2.45, 2.75) is 33.1 Å². The van der Waals surface area contributed by atoms with Crippen molar-refractivity contribution in [3.63, 3.8) is 0 Å². The van der Waals surface area contributed by atoms with Gasteiger partial charge in [0.2, 0.25) is 0 Å². The van der Waals surface area contributed by atoms with Crippen LogP contribution in [0.2, 0.25) is 0 Å². The molecule has 3 heteroatoms. The van der Waals surface area contributed by atoms with Gasteiger partial charge in [-0.3, -0.25) is 9.88 Å².